The first kappa shape index (κ1) is 20.2. The van der Waals surface area contributed by atoms with Crippen molar-refractivity contribution in [2.24, 2.45) is 11.8 Å². The van der Waals surface area contributed by atoms with Crippen LogP contribution in [0.1, 0.15) is 38.2 Å². The average Bonchev–Trinajstić information content (AvgIpc) is 2.61. The molecule has 1 rings (SSSR count). The molecular weight excluding hydrogens is 296 g/mol. The van der Waals surface area contributed by atoms with Crippen LogP contribution in [-0.2, 0) is 16.1 Å². The van der Waals surface area contributed by atoms with E-state index < -0.39 is 0 Å². The van der Waals surface area contributed by atoms with E-state index >= 15 is 0 Å². The SMILES string of the molecule is C=CCO/C=C/C(CC=C)CCC(C)CCOCc1ccccc1. The van der Waals surface area contributed by atoms with Crippen molar-refractivity contribution in [3.63, 3.8) is 0 Å². The molecule has 0 heterocycles. The molecule has 0 amide bonds. The van der Waals surface area contributed by atoms with Gasteiger partial charge in [-0.1, -0.05) is 62.4 Å². The zero-order chi connectivity index (χ0) is 17.5. The highest BCUT2D eigenvalue weighted by Crippen LogP contribution is 2.20. The van der Waals surface area contributed by atoms with Gasteiger partial charge in [-0.25, -0.2) is 0 Å². The minimum Gasteiger partial charge on any atom is -0.497 e. The summed E-state index contributed by atoms with van der Waals surface area (Å²) in [5, 5.41) is 0. The van der Waals surface area contributed by atoms with Crippen LogP contribution in [0.2, 0.25) is 0 Å². The Labute approximate surface area is 147 Å². The molecular formula is C22H32O2. The predicted octanol–water partition coefficient (Wildman–Crippen LogP) is 5.92. The third-order valence-corrected chi connectivity index (χ3v) is 4.03. The molecule has 2 atom stereocenters. The van der Waals surface area contributed by atoms with Gasteiger partial charge in [0, 0.05) is 6.61 Å². The van der Waals surface area contributed by atoms with Crippen molar-refractivity contribution in [3.8, 4) is 0 Å². The Morgan fingerprint density at radius 1 is 1.04 bits per heavy atom. The van der Waals surface area contributed by atoms with E-state index in [1.54, 1.807) is 12.3 Å². The number of benzene rings is 1. The minimum absolute atomic E-state index is 0.500. The van der Waals surface area contributed by atoms with Gasteiger partial charge in [0.2, 0.25) is 0 Å². The molecule has 24 heavy (non-hydrogen) atoms. The van der Waals surface area contributed by atoms with Crippen molar-refractivity contribution >= 4 is 0 Å². The first-order valence-electron chi connectivity index (χ1n) is 8.88. The van der Waals surface area contributed by atoms with E-state index in [0.717, 1.165) is 25.9 Å². The molecule has 0 aliphatic heterocycles. The van der Waals surface area contributed by atoms with Gasteiger partial charge in [-0.3, -0.25) is 0 Å². The molecule has 1 aromatic rings. The van der Waals surface area contributed by atoms with Crippen LogP contribution < -0.4 is 0 Å². The molecule has 132 valence electrons. The van der Waals surface area contributed by atoms with Crippen LogP contribution in [0.4, 0.5) is 0 Å². The standard InChI is InChI=1S/C22H32O2/c1-4-9-21(15-18-23-16-5-2)13-12-20(3)14-17-24-19-22-10-7-6-8-11-22/h4-8,10-11,15,18,20-21H,1-2,9,12-14,16-17,19H2,3H3/b18-15+. The first-order valence-corrected chi connectivity index (χ1v) is 8.88. The number of ether oxygens (including phenoxy) is 2. The second kappa shape index (κ2) is 13.6. The molecule has 0 aromatic heterocycles. The van der Waals surface area contributed by atoms with E-state index in [2.05, 4.69) is 38.3 Å². The zero-order valence-corrected chi connectivity index (χ0v) is 15.0. The highest BCUT2D eigenvalue weighted by Gasteiger charge is 2.08. The van der Waals surface area contributed by atoms with E-state index in [0.29, 0.717) is 25.0 Å². The second-order valence-electron chi connectivity index (χ2n) is 6.24. The van der Waals surface area contributed by atoms with E-state index in [1.807, 2.05) is 24.3 Å². The molecule has 0 aliphatic rings. The highest BCUT2D eigenvalue weighted by molar-refractivity contribution is 5.13. The van der Waals surface area contributed by atoms with Crippen LogP contribution in [0, 0.1) is 11.8 Å². The Hall–Kier alpha value is -1.80. The molecule has 2 unspecified atom stereocenters. The lowest BCUT2D eigenvalue weighted by atomic mass is 9.93. The van der Waals surface area contributed by atoms with Gasteiger partial charge in [0.1, 0.15) is 6.61 Å². The molecule has 0 aliphatic carbocycles. The van der Waals surface area contributed by atoms with Crippen LogP contribution in [0.3, 0.4) is 0 Å². The van der Waals surface area contributed by atoms with Crippen LogP contribution >= 0.6 is 0 Å². The molecule has 0 bridgehead atoms. The fourth-order valence-corrected chi connectivity index (χ4v) is 2.49. The summed E-state index contributed by atoms with van der Waals surface area (Å²) in [6, 6.07) is 10.3. The largest absolute Gasteiger partial charge is 0.497 e. The lowest BCUT2D eigenvalue weighted by molar-refractivity contribution is 0.107. The normalized spacial score (nSPS) is 13.5. The Morgan fingerprint density at radius 2 is 1.83 bits per heavy atom. The Morgan fingerprint density at radius 3 is 2.54 bits per heavy atom. The number of rotatable bonds is 14. The molecule has 0 radical (unpaired) electrons. The molecule has 0 saturated heterocycles. The summed E-state index contributed by atoms with van der Waals surface area (Å²) in [4.78, 5) is 0. The van der Waals surface area contributed by atoms with Crippen molar-refractivity contribution < 1.29 is 9.47 Å². The number of allylic oxidation sites excluding steroid dienone is 2. The second-order valence-corrected chi connectivity index (χ2v) is 6.24. The van der Waals surface area contributed by atoms with E-state index in [4.69, 9.17) is 9.47 Å². The van der Waals surface area contributed by atoms with Crippen molar-refractivity contribution in [2.45, 2.75) is 39.2 Å². The summed E-state index contributed by atoms with van der Waals surface area (Å²) >= 11 is 0. The third-order valence-electron chi connectivity index (χ3n) is 4.03. The van der Waals surface area contributed by atoms with E-state index in [-0.39, 0.29) is 0 Å². The van der Waals surface area contributed by atoms with E-state index in [1.165, 1.54) is 12.0 Å². The van der Waals surface area contributed by atoms with Crippen molar-refractivity contribution in [1.29, 1.82) is 0 Å². The average molecular weight is 328 g/mol. The van der Waals surface area contributed by atoms with Gasteiger partial charge in [0.05, 0.1) is 12.9 Å². The molecule has 0 N–H and O–H groups in total. The van der Waals surface area contributed by atoms with E-state index in [9.17, 15) is 0 Å². The lowest BCUT2D eigenvalue weighted by Gasteiger charge is -2.15. The summed E-state index contributed by atoms with van der Waals surface area (Å²) in [5.74, 6) is 1.16. The summed E-state index contributed by atoms with van der Waals surface area (Å²) in [5.41, 5.74) is 1.24. The first-order chi connectivity index (χ1) is 11.8. The molecule has 2 heteroatoms. The maximum atomic E-state index is 5.78. The molecule has 0 spiro atoms. The van der Waals surface area contributed by atoms with Gasteiger partial charge in [0.15, 0.2) is 0 Å². The predicted molar refractivity (Wildman–Crippen MR) is 103 cm³/mol. The molecule has 1 aromatic carbocycles. The highest BCUT2D eigenvalue weighted by atomic mass is 16.5. The third kappa shape index (κ3) is 10.1. The van der Waals surface area contributed by atoms with Crippen LogP contribution in [0.5, 0.6) is 0 Å². The smallest absolute Gasteiger partial charge is 0.105 e. The van der Waals surface area contributed by atoms with Gasteiger partial charge < -0.3 is 9.47 Å². The summed E-state index contributed by atoms with van der Waals surface area (Å²) in [7, 11) is 0. The summed E-state index contributed by atoms with van der Waals surface area (Å²) in [6.45, 7) is 11.9. The quantitative estimate of drug-likeness (QED) is 0.240. The van der Waals surface area contributed by atoms with Gasteiger partial charge >= 0.3 is 0 Å². The number of hydrogen-bond donors (Lipinski definition) is 0. The van der Waals surface area contributed by atoms with Gasteiger partial charge in [-0.2, -0.15) is 0 Å². The topological polar surface area (TPSA) is 18.5 Å². The monoisotopic (exact) mass is 328 g/mol. The zero-order valence-electron chi connectivity index (χ0n) is 15.0. The minimum atomic E-state index is 0.500. The maximum Gasteiger partial charge on any atom is 0.105 e. The molecule has 2 nitrogen and oxygen atoms in total. The Balaban J connectivity index is 2.17. The molecule has 0 fully saturated rings. The fraction of sp³-hybridized carbons (Fsp3) is 0.455. The van der Waals surface area contributed by atoms with Gasteiger partial charge in [-0.15, -0.1) is 6.58 Å². The Kier molecular flexibility index (Phi) is 11.5. The van der Waals surface area contributed by atoms with Crippen molar-refractivity contribution in [3.05, 3.63) is 73.5 Å². The summed E-state index contributed by atoms with van der Waals surface area (Å²) < 4.78 is 11.1. The molecule has 0 saturated carbocycles. The van der Waals surface area contributed by atoms with Crippen LogP contribution in [0.25, 0.3) is 0 Å². The number of hydrogen-bond acceptors (Lipinski definition) is 2. The van der Waals surface area contributed by atoms with Crippen molar-refractivity contribution in [1.82, 2.24) is 0 Å². The van der Waals surface area contributed by atoms with Gasteiger partial charge in [0.25, 0.3) is 0 Å². The van der Waals surface area contributed by atoms with Gasteiger partial charge in [-0.05, 0) is 42.7 Å². The fourth-order valence-electron chi connectivity index (χ4n) is 2.49. The van der Waals surface area contributed by atoms with Crippen LogP contribution in [0.15, 0.2) is 68.0 Å². The van der Waals surface area contributed by atoms with Crippen LogP contribution in [-0.4, -0.2) is 13.2 Å². The maximum absolute atomic E-state index is 5.78. The lowest BCUT2D eigenvalue weighted by Crippen LogP contribution is -2.05. The summed E-state index contributed by atoms with van der Waals surface area (Å²) in [6.07, 6.45) is 12.1. The van der Waals surface area contributed by atoms with Crippen molar-refractivity contribution in [2.75, 3.05) is 13.2 Å². The Bertz CT molecular complexity index is 464.